The molecule has 46 heavy (non-hydrogen) atoms. The van der Waals surface area contributed by atoms with Crippen molar-refractivity contribution in [2.45, 2.75) is 38.4 Å². The van der Waals surface area contributed by atoms with Gasteiger partial charge in [0.05, 0.1) is 32.0 Å². The Morgan fingerprint density at radius 1 is 0.935 bits per heavy atom. The number of hydrogen-bond acceptors (Lipinski definition) is 9. The van der Waals surface area contributed by atoms with Crippen LogP contribution in [0.4, 0.5) is 0 Å². The van der Waals surface area contributed by atoms with Gasteiger partial charge < -0.3 is 24.3 Å². The molecule has 3 aliphatic rings. The number of benzene rings is 1. The fourth-order valence-electron chi connectivity index (χ4n) is 6.00. The third-order valence-electron chi connectivity index (χ3n) is 8.55. The Labute approximate surface area is 268 Å². The number of piperidine rings is 1. The predicted molar refractivity (Wildman–Crippen MR) is 169 cm³/mol. The standard InChI is InChI=1S/C33H41N9O4/c1-39-15-12-34-30(39)24-40-16-17-45-18-19-46-32-28(8-5-11-35-32)31(43)36-29(33(44)41-13-9-26(21-40)10-14-41)20-27-23-42(38-37-27)22-25-6-3-2-4-7-25/h2-8,11-12,15,23,26,29H,9-10,13-14,16-22,24H2,1H3,(H,36,43)/t29-/m1/s1. The Morgan fingerprint density at radius 3 is 2.59 bits per heavy atom. The average molecular weight is 628 g/mol. The molecule has 1 saturated heterocycles. The molecule has 3 aliphatic heterocycles. The first-order valence-electron chi connectivity index (χ1n) is 15.9. The van der Waals surface area contributed by atoms with Gasteiger partial charge >= 0.3 is 0 Å². The zero-order chi connectivity index (χ0) is 31.7. The monoisotopic (exact) mass is 627 g/mol. The van der Waals surface area contributed by atoms with E-state index in [2.05, 4.69) is 30.5 Å². The van der Waals surface area contributed by atoms with Crippen LogP contribution in [0.1, 0.15) is 40.3 Å². The van der Waals surface area contributed by atoms with Crippen molar-refractivity contribution in [3.8, 4) is 5.88 Å². The van der Waals surface area contributed by atoms with Crippen molar-refractivity contribution in [3.63, 3.8) is 0 Å². The molecule has 242 valence electrons. The van der Waals surface area contributed by atoms with Crippen molar-refractivity contribution >= 4 is 11.8 Å². The molecular weight excluding hydrogens is 586 g/mol. The van der Waals surface area contributed by atoms with Gasteiger partial charge in [0.2, 0.25) is 11.8 Å². The quantitative estimate of drug-likeness (QED) is 0.319. The number of pyridine rings is 1. The maximum absolute atomic E-state index is 14.0. The summed E-state index contributed by atoms with van der Waals surface area (Å²) in [5.74, 6) is 1.06. The molecule has 0 spiro atoms. The normalized spacial score (nSPS) is 20.4. The van der Waals surface area contributed by atoms with Gasteiger partial charge in [0.15, 0.2) is 0 Å². The maximum Gasteiger partial charge on any atom is 0.257 e. The van der Waals surface area contributed by atoms with E-state index in [0.29, 0.717) is 44.5 Å². The topological polar surface area (TPSA) is 133 Å². The molecule has 7 rings (SSSR count). The summed E-state index contributed by atoms with van der Waals surface area (Å²) in [6.07, 6.45) is 9.14. The maximum atomic E-state index is 14.0. The largest absolute Gasteiger partial charge is 0.475 e. The van der Waals surface area contributed by atoms with Gasteiger partial charge in [-0.25, -0.2) is 14.6 Å². The Bertz CT molecular complexity index is 1580. The van der Waals surface area contributed by atoms with E-state index in [0.717, 1.165) is 43.9 Å². The molecule has 0 aliphatic carbocycles. The summed E-state index contributed by atoms with van der Waals surface area (Å²) in [5.41, 5.74) is 1.97. The molecule has 6 heterocycles. The van der Waals surface area contributed by atoms with E-state index in [1.807, 2.05) is 65.4 Å². The molecule has 0 radical (unpaired) electrons. The Kier molecular flexibility index (Phi) is 10.3. The predicted octanol–water partition coefficient (Wildman–Crippen LogP) is 1.95. The highest BCUT2D eigenvalue weighted by molar-refractivity contribution is 5.99. The van der Waals surface area contributed by atoms with E-state index in [4.69, 9.17) is 9.47 Å². The van der Waals surface area contributed by atoms with Crippen molar-refractivity contribution in [2.75, 3.05) is 46.0 Å². The molecular formula is C33H41N9O4. The van der Waals surface area contributed by atoms with Crippen LogP contribution < -0.4 is 10.1 Å². The fraction of sp³-hybridized carbons (Fsp3) is 0.455. The van der Waals surface area contributed by atoms with Gasteiger partial charge in [-0.2, -0.15) is 0 Å². The van der Waals surface area contributed by atoms with E-state index < -0.39 is 11.9 Å². The lowest BCUT2D eigenvalue weighted by Gasteiger charge is -2.36. The Morgan fingerprint density at radius 2 is 1.78 bits per heavy atom. The lowest BCUT2D eigenvalue weighted by Crippen LogP contribution is -2.52. The minimum Gasteiger partial charge on any atom is -0.475 e. The zero-order valence-corrected chi connectivity index (χ0v) is 26.2. The van der Waals surface area contributed by atoms with E-state index in [1.54, 1.807) is 23.0 Å². The summed E-state index contributed by atoms with van der Waals surface area (Å²) in [6, 6.07) is 12.5. The highest BCUT2D eigenvalue weighted by atomic mass is 16.5. The number of carbonyl (C=O) groups excluding carboxylic acids is 2. The first-order chi connectivity index (χ1) is 22.5. The first-order valence-corrected chi connectivity index (χ1v) is 15.9. The second kappa shape index (κ2) is 15.1. The molecule has 2 bridgehead atoms. The molecule has 1 aromatic carbocycles. The number of fused-ring (bicyclic) bond motifs is 12. The summed E-state index contributed by atoms with van der Waals surface area (Å²) in [6.45, 7) is 5.27. The molecule has 1 fully saturated rings. The van der Waals surface area contributed by atoms with Crippen molar-refractivity contribution in [3.05, 3.63) is 89.9 Å². The molecule has 4 aromatic rings. The molecule has 3 aromatic heterocycles. The van der Waals surface area contributed by atoms with Crippen molar-refractivity contribution < 1.29 is 19.1 Å². The average Bonchev–Trinajstić information content (AvgIpc) is 3.70. The summed E-state index contributed by atoms with van der Waals surface area (Å²) in [7, 11) is 2.01. The van der Waals surface area contributed by atoms with Crippen molar-refractivity contribution in [1.82, 2.24) is 44.6 Å². The fourth-order valence-corrected chi connectivity index (χ4v) is 6.00. The highest BCUT2D eigenvalue weighted by Crippen LogP contribution is 2.22. The van der Waals surface area contributed by atoms with E-state index in [-0.39, 0.29) is 30.4 Å². The van der Waals surface area contributed by atoms with E-state index in [1.165, 1.54) is 0 Å². The van der Waals surface area contributed by atoms with Crippen LogP contribution in [0.25, 0.3) is 0 Å². The van der Waals surface area contributed by atoms with Gasteiger partial charge in [-0.3, -0.25) is 14.5 Å². The number of carbonyl (C=O) groups is 2. The minimum absolute atomic E-state index is 0.129. The van der Waals surface area contributed by atoms with Crippen LogP contribution in [0, 0.1) is 5.92 Å². The van der Waals surface area contributed by atoms with Gasteiger partial charge in [-0.05, 0) is 36.5 Å². The Balaban J connectivity index is 1.20. The van der Waals surface area contributed by atoms with Crippen LogP contribution in [0.2, 0.25) is 0 Å². The second-order valence-corrected chi connectivity index (χ2v) is 11.9. The van der Waals surface area contributed by atoms with E-state index in [9.17, 15) is 9.59 Å². The molecule has 13 nitrogen and oxygen atoms in total. The van der Waals surface area contributed by atoms with Gasteiger partial charge in [-0.15, -0.1) is 5.10 Å². The van der Waals surface area contributed by atoms with Gasteiger partial charge in [0.25, 0.3) is 5.91 Å². The molecule has 1 N–H and O–H groups in total. The van der Waals surface area contributed by atoms with Crippen molar-refractivity contribution in [2.24, 2.45) is 13.0 Å². The number of aromatic nitrogens is 6. The number of ether oxygens (including phenoxy) is 2. The van der Waals surface area contributed by atoms with Gasteiger partial charge in [-0.1, -0.05) is 35.5 Å². The zero-order valence-electron chi connectivity index (χ0n) is 26.2. The van der Waals surface area contributed by atoms with Crippen LogP contribution in [0.15, 0.2) is 67.3 Å². The second-order valence-electron chi connectivity index (χ2n) is 11.9. The number of hydrogen-bond donors (Lipinski definition) is 1. The van der Waals surface area contributed by atoms with Crippen LogP contribution in [-0.2, 0) is 36.1 Å². The van der Waals surface area contributed by atoms with Gasteiger partial charge in [0, 0.05) is 64.4 Å². The minimum atomic E-state index is -0.832. The van der Waals surface area contributed by atoms with E-state index >= 15 is 0 Å². The SMILES string of the molecule is Cn1ccnc1CN1CCOCCOc2ncccc2C(=O)N[C@H](Cc2cn(Cc3ccccc3)nn2)C(=O)N2CCC(CC2)C1. The lowest BCUT2D eigenvalue weighted by molar-refractivity contribution is -0.134. The Hall–Kier alpha value is -4.62. The smallest absolute Gasteiger partial charge is 0.257 e. The summed E-state index contributed by atoms with van der Waals surface area (Å²) in [5, 5.41) is 11.6. The molecule has 0 unspecified atom stereocenters. The molecule has 13 heteroatoms. The van der Waals surface area contributed by atoms with Crippen molar-refractivity contribution in [1.29, 1.82) is 0 Å². The summed E-state index contributed by atoms with van der Waals surface area (Å²) < 4.78 is 15.6. The molecule has 0 saturated carbocycles. The van der Waals surface area contributed by atoms with Gasteiger partial charge in [0.1, 0.15) is 24.0 Å². The number of amides is 2. The molecule has 1 atom stereocenters. The van der Waals surface area contributed by atoms with Crippen LogP contribution in [0.5, 0.6) is 5.88 Å². The number of imidazole rings is 1. The third kappa shape index (κ3) is 8.15. The highest BCUT2D eigenvalue weighted by Gasteiger charge is 2.32. The van der Waals surface area contributed by atoms with Crippen LogP contribution >= 0.6 is 0 Å². The summed E-state index contributed by atoms with van der Waals surface area (Å²) >= 11 is 0. The molecule has 2 amide bonds. The number of aryl methyl sites for hydroxylation is 1. The summed E-state index contributed by atoms with van der Waals surface area (Å²) in [4.78, 5) is 40.7. The van der Waals surface area contributed by atoms with Crippen LogP contribution in [-0.4, -0.2) is 103 Å². The number of nitrogens with zero attached hydrogens (tertiary/aromatic N) is 8. The van der Waals surface area contributed by atoms with Crippen LogP contribution in [0.3, 0.4) is 0 Å². The first kappa shape index (κ1) is 31.4. The number of rotatable bonds is 6. The third-order valence-corrected chi connectivity index (χ3v) is 8.55. The lowest BCUT2D eigenvalue weighted by atomic mass is 9.95. The number of nitrogens with one attached hydrogen (secondary N) is 1.